The van der Waals surface area contributed by atoms with Crippen LogP contribution in [0.25, 0.3) is 22.2 Å². The SMILES string of the molecule is Cc1ccc(-c2nn(C)c3ccc(N)cc23)cc1. The third-order valence-corrected chi connectivity index (χ3v) is 3.20. The van der Waals surface area contributed by atoms with Crippen molar-refractivity contribution in [2.24, 2.45) is 7.05 Å². The first-order chi connectivity index (χ1) is 8.65. The number of benzene rings is 2. The molecular weight excluding hydrogens is 222 g/mol. The molecule has 0 saturated heterocycles. The van der Waals surface area contributed by atoms with Crippen molar-refractivity contribution >= 4 is 16.6 Å². The van der Waals surface area contributed by atoms with E-state index in [1.807, 2.05) is 29.9 Å². The van der Waals surface area contributed by atoms with Gasteiger partial charge >= 0.3 is 0 Å². The van der Waals surface area contributed by atoms with Crippen LogP contribution in [0.2, 0.25) is 0 Å². The first-order valence-corrected chi connectivity index (χ1v) is 5.94. The number of nitrogens with two attached hydrogens (primary N) is 1. The Morgan fingerprint density at radius 1 is 1.06 bits per heavy atom. The first kappa shape index (κ1) is 10.8. The highest BCUT2D eigenvalue weighted by Crippen LogP contribution is 2.29. The summed E-state index contributed by atoms with van der Waals surface area (Å²) < 4.78 is 1.89. The molecule has 90 valence electrons. The van der Waals surface area contributed by atoms with Gasteiger partial charge in [-0.15, -0.1) is 0 Å². The molecule has 0 aliphatic carbocycles. The molecule has 3 nitrogen and oxygen atoms in total. The summed E-state index contributed by atoms with van der Waals surface area (Å²) in [5, 5.41) is 5.69. The topological polar surface area (TPSA) is 43.8 Å². The lowest BCUT2D eigenvalue weighted by molar-refractivity contribution is 0.800. The number of rotatable bonds is 1. The van der Waals surface area contributed by atoms with E-state index in [1.165, 1.54) is 5.56 Å². The molecule has 18 heavy (non-hydrogen) atoms. The summed E-state index contributed by atoms with van der Waals surface area (Å²) >= 11 is 0. The molecule has 1 aromatic heterocycles. The van der Waals surface area contributed by atoms with Crippen molar-refractivity contribution in [3.8, 4) is 11.3 Å². The van der Waals surface area contributed by atoms with Crippen LogP contribution in [0, 0.1) is 6.92 Å². The first-order valence-electron chi connectivity index (χ1n) is 5.94. The number of anilines is 1. The molecule has 0 aliphatic heterocycles. The average Bonchev–Trinajstić information content (AvgIpc) is 2.67. The molecule has 3 heteroatoms. The summed E-state index contributed by atoms with van der Waals surface area (Å²) in [5.41, 5.74) is 11.1. The Kier molecular flexibility index (Phi) is 2.33. The largest absolute Gasteiger partial charge is 0.399 e. The van der Waals surface area contributed by atoms with E-state index in [9.17, 15) is 0 Å². The zero-order valence-corrected chi connectivity index (χ0v) is 10.5. The van der Waals surface area contributed by atoms with Crippen LogP contribution in [-0.4, -0.2) is 9.78 Å². The summed E-state index contributed by atoms with van der Waals surface area (Å²) in [7, 11) is 1.95. The second-order valence-electron chi connectivity index (χ2n) is 4.61. The number of nitrogens with zero attached hydrogens (tertiary/aromatic N) is 2. The molecule has 1 heterocycles. The van der Waals surface area contributed by atoms with Gasteiger partial charge in [-0.25, -0.2) is 0 Å². The predicted molar refractivity (Wildman–Crippen MR) is 75.3 cm³/mol. The third kappa shape index (κ3) is 1.64. The molecule has 0 unspecified atom stereocenters. The van der Waals surface area contributed by atoms with E-state index in [-0.39, 0.29) is 0 Å². The van der Waals surface area contributed by atoms with Crippen molar-refractivity contribution in [1.82, 2.24) is 9.78 Å². The Labute approximate surface area is 106 Å². The molecule has 0 amide bonds. The Bertz CT molecular complexity index is 708. The smallest absolute Gasteiger partial charge is 0.100 e. The molecule has 0 aliphatic rings. The predicted octanol–water partition coefficient (Wildman–Crippen LogP) is 3.13. The van der Waals surface area contributed by atoms with Crippen LogP contribution in [0.3, 0.4) is 0 Å². The Balaban J connectivity index is 2.28. The fraction of sp³-hybridized carbons (Fsp3) is 0.133. The zero-order valence-electron chi connectivity index (χ0n) is 10.5. The Hall–Kier alpha value is -2.29. The molecule has 0 atom stereocenters. The molecule has 0 fully saturated rings. The van der Waals surface area contributed by atoms with Crippen molar-refractivity contribution in [2.45, 2.75) is 6.92 Å². The third-order valence-electron chi connectivity index (χ3n) is 3.20. The Morgan fingerprint density at radius 2 is 1.78 bits per heavy atom. The van der Waals surface area contributed by atoms with Gasteiger partial charge in [0.05, 0.1) is 5.52 Å². The van der Waals surface area contributed by atoms with Crippen LogP contribution in [0.5, 0.6) is 0 Å². The Morgan fingerprint density at radius 3 is 2.50 bits per heavy atom. The van der Waals surface area contributed by atoms with Gasteiger partial charge in [-0.2, -0.15) is 5.10 Å². The van der Waals surface area contributed by atoms with E-state index in [2.05, 4.69) is 36.3 Å². The van der Waals surface area contributed by atoms with Crippen molar-refractivity contribution in [3.05, 3.63) is 48.0 Å². The molecule has 0 radical (unpaired) electrons. The van der Waals surface area contributed by atoms with Gasteiger partial charge in [0.25, 0.3) is 0 Å². The van der Waals surface area contributed by atoms with Crippen LogP contribution >= 0.6 is 0 Å². The second kappa shape index (κ2) is 3.88. The maximum Gasteiger partial charge on any atom is 0.100 e. The number of nitrogen functional groups attached to an aromatic ring is 1. The lowest BCUT2D eigenvalue weighted by atomic mass is 10.1. The highest BCUT2D eigenvalue weighted by atomic mass is 15.3. The van der Waals surface area contributed by atoms with Gasteiger partial charge in [0.2, 0.25) is 0 Å². The number of hydrogen-bond donors (Lipinski definition) is 1. The summed E-state index contributed by atoms with van der Waals surface area (Å²) in [6.07, 6.45) is 0. The summed E-state index contributed by atoms with van der Waals surface area (Å²) in [5.74, 6) is 0. The molecular formula is C15H15N3. The van der Waals surface area contributed by atoms with Gasteiger partial charge in [0.15, 0.2) is 0 Å². The van der Waals surface area contributed by atoms with Crippen LogP contribution in [-0.2, 0) is 7.05 Å². The van der Waals surface area contributed by atoms with E-state index < -0.39 is 0 Å². The van der Waals surface area contributed by atoms with Gasteiger partial charge in [0.1, 0.15) is 5.69 Å². The van der Waals surface area contributed by atoms with E-state index >= 15 is 0 Å². The van der Waals surface area contributed by atoms with Gasteiger partial charge in [-0.1, -0.05) is 29.8 Å². The normalized spacial score (nSPS) is 11.0. The minimum absolute atomic E-state index is 0.767. The average molecular weight is 237 g/mol. The van der Waals surface area contributed by atoms with Crippen LogP contribution in [0.15, 0.2) is 42.5 Å². The summed E-state index contributed by atoms with van der Waals surface area (Å²) in [4.78, 5) is 0. The zero-order chi connectivity index (χ0) is 12.7. The lowest BCUT2D eigenvalue weighted by Crippen LogP contribution is -1.89. The summed E-state index contributed by atoms with van der Waals surface area (Å²) in [6.45, 7) is 2.08. The highest BCUT2D eigenvalue weighted by molar-refractivity contribution is 5.95. The van der Waals surface area contributed by atoms with E-state index in [4.69, 9.17) is 5.73 Å². The van der Waals surface area contributed by atoms with Crippen molar-refractivity contribution < 1.29 is 0 Å². The molecule has 0 spiro atoms. The molecule has 0 saturated carbocycles. The molecule has 3 aromatic rings. The molecule has 3 rings (SSSR count). The van der Waals surface area contributed by atoms with Crippen molar-refractivity contribution in [2.75, 3.05) is 5.73 Å². The molecule has 0 bridgehead atoms. The second-order valence-corrected chi connectivity index (χ2v) is 4.61. The number of aromatic nitrogens is 2. The minimum atomic E-state index is 0.767. The lowest BCUT2D eigenvalue weighted by Gasteiger charge is -1.99. The van der Waals surface area contributed by atoms with Crippen molar-refractivity contribution in [3.63, 3.8) is 0 Å². The number of fused-ring (bicyclic) bond motifs is 1. The van der Waals surface area contributed by atoms with Gasteiger partial charge in [-0.05, 0) is 25.1 Å². The monoisotopic (exact) mass is 237 g/mol. The fourth-order valence-corrected chi connectivity index (χ4v) is 2.21. The fourth-order valence-electron chi connectivity index (χ4n) is 2.21. The van der Waals surface area contributed by atoms with E-state index in [0.29, 0.717) is 0 Å². The van der Waals surface area contributed by atoms with Crippen LogP contribution in [0.1, 0.15) is 5.56 Å². The van der Waals surface area contributed by atoms with E-state index in [0.717, 1.165) is 27.8 Å². The summed E-state index contributed by atoms with van der Waals surface area (Å²) in [6, 6.07) is 14.3. The van der Waals surface area contributed by atoms with Gasteiger partial charge in [0, 0.05) is 23.7 Å². The maximum absolute atomic E-state index is 5.87. The van der Waals surface area contributed by atoms with Gasteiger partial charge in [-0.3, -0.25) is 4.68 Å². The van der Waals surface area contributed by atoms with E-state index in [1.54, 1.807) is 0 Å². The van der Waals surface area contributed by atoms with Crippen molar-refractivity contribution in [1.29, 1.82) is 0 Å². The van der Waals surface area contributed by atoms with Gasteiger partial charge < -0.3 is 5.73 Å². The minimum Gasteiger partial charge on any atom is -0.399 e. The number of aryl methyl sites for hydroxylation is 2. The molecule has 2 aromatic carbocycles. The quantitative estimate of drug-likeness (QED) is 0.661. The molecule has 2 N–H and O–H groups in total. The van der Waals surface area contributed by atoms with Crippen LogP contribution in [0.4, 0.5) is 5.69 Å². The maximum atomic E-state index is 5.87. The van der Waals surface area contributed by atoms with Crippen LogP contribution < -0.4 is 5.73 Å². The standard InChI is InChI=1S/C15H15N3/c1-10-3-5-11(6-4-10)15-13-9-12(16)7-8-14(13)18(2)17-15/h3-9H,16H2,1-2H3. The number of hydrogen-bond acceptors (Lipinski definition) is 2. The highest BCUT2D eigenvalue weighted by Gasteiger charge is 2.10.